The second-order valence-electron chi connectivity index (χ2n) is 5.86. The smallest absolute Gasteiger partial charge is 0.205 e. The Balaban J connectivity index is 2.22. The lowest BCUT2D eigenvalue weighted by Crippen LogP contribution is -2.30. The largest absolute Gasteiger partial charge is 0.444 e. The van der Waals surface area contributed by atoms with Crippen molar-refractivity contribution in [2.24, 2.45) is 11.7 Å². The number of allylic oxidation sites excluding steroid dienone is 3. The fourth-order valence-corrected chi connectivity index (χ4v) is 3.14. The van der Waals surface area contributed by atoms with Gasteiger partial charge in [-0.2, -0.15) is 5.26 Å². The van der Waals surface area contributed by atoms with E-state index < -0.39 is 17.6 Å². The van der Waals surface area contributed by atoms with E-state index >= 15 is 0 Å². The molecule has 2 aliphatic rings. The van der Waals surface area contributed by atoms with Gasteiger partial charge >= 0.3 is 0 Å². The van der Waals surface area contributed by atoms with E-state index in [2.05, 4.69) is 0 Å². The zero-order valence-electron chi connectivity index (χ0n) is 12.4. The Morgan fingerprint density at radius 3 is 2.74 bits per heavy atom. The second-order valence-corrected chi connectivity index (χ2v) is 5.86. The molecule has 2 atom stereocenters. The third-order valence-corrected chi connectivity index (χ3v) is 4.14. The highest BCUT2D eigenvalue weighted by molar-refractivity contribution is 5.99. The monoisotopic (exact) mass is 316 g/mol. The number of nitrogens with two attached hydrogens (primary N) is 1. The first-order valence-electron chi connectivity index (χ1n) is 7.21. The van der Waals surface area contributed by atoms with Crippen LogP contribution in [0.5, 0.6) is 0 Å². The predicted octanol–water partition coefficient (Wildman–Crippen LogP) is 3.03. The average molecular weight is 316 g/mol. The molecule has 0 bridgehead atoms. The fraction of sp³-hybridized carbons (Fsp3) is 0.294. The Kier molecular flexibility index (Phi) is 3.64. The molecule has 1 aromatic carbocycles. The normalized spacial score (nSPS) is 24.2. The standard InChI is InChI=1S/C17H14F2N2O2/c1-8-4-13(22)16-14(5-8)23-17(21)11(7-20)15(16)10-3-2-9(18)6-12(10)19/h2-3,6,8,15H,4-5,21H2,1H3/t8-,15+/m0/s1. The van der Waals surface area contributed by atoms with Gasteiger partial charge in [-0.1, -0.05) is 13.0 Å². The van der Waals surface area contributed by atoms with Gasteiger partial charge in [-0.15, -0.1) is 0 Å². The van der Waals surface area contributed by atoms with Gasteiger partial charge in [0.15, 0.2) is 5.78 Å². The highest BCUT2D eigenvalue weighted by Crippen LogP contribution is 2.45. The minimum atomic E-state index is -0.954. The number of nitriles is 1. The molecule has 6 heteroatoms. The molecular formula is C17H14F2N2O2. The van der Waals surface area contributed by atoms with Crippen molar-refractivity contribution >= 4 is 5.78 Å². The maximum absolute atomic E-state index is 14.2. The van der Waals surface area contributed by atoms with Gasteiger partial charge in [-0.25, -0.2) is 8.78 Å². The van der Waals surface area contributed by atoms with E-state index in [0.29, 0.717) is 18.6 Å². The summed E-state index contributed by atoms with van der Waals surface area (Å²) in [5.74, 6) is -2.39. The predicted molar refractivity (Wildman–Crippen MR) is 77.4 cm³/mol. The molecule has 4 nitrogen and oxygen atoms in total. The van der Waals surface area contributed by atoms with Crippen molar-refractivity contribution in [2.75, 3.05) is 0 Å². The molecule has 23 heavy (non-hydrogen) atoms. The van der Waals surface area contributed by atoms with E-state index in [1.54, 1.807) is 0 Å². The second kappa shape index (κ2) is 5.51. The van der Waals surface area contributed by atoms with Crippen molar-refractivity contribution in [2.45, 2.75) is 25.7 Å². The number of hydrogen-bond donors (Lipinski definition) is 1. The van der Waals surface area contributed by atoms with E-state index in [4.69, 9.17) is 10.5 Å². The lowest BCUT2D eigenvalue weighted by atomic mass is 9.75. The van der Waals surface area contributed by atoms with E-state index in [-0.39, 0.29) is 34.3 Å². The first-order chi connectivity index (χ1) is 10.9. The van der Waals surface area contributed by atoms with Crippen LogP contribution in [0.2, 0.25) is 0 Å². The summed E-state index contributed by atoms with van der Waals surface area (Å²) in [6.45, 7) is 1.90. The summed E-state index contributed by atoms with van der Waals surface area (Å²) in [5.41, 5.74) is 6.05. The van der Waals surface area contributed by atoms with Crippen LogP contribution in [0.3, 0.4) is 0 Å². The third-order valence-electron chi connectivity index (χ3n) is 4.14. The lowest BCUT2D eigenvalue weighted by molar-refractivity contribution is -0.117. The molecule has 1 aliphatic heterocycles. The first-order valence-corrected chi connectivity index (χ1v) is 7.21. The summed E-state index contributed by atoms with van der Waals surface area (Å²) in [4.78, 5) is 12.5. The summed E-state index contributed by atoms with van der Waals surface area (Å²) in [6, 6.07) is 4.95. The van der Waals surface area contributed by atoms with Crippen molar-refractivity contribution < 1.29 is 18.3 Å². The average Bonchev–Trinajstić information content (AvgIpc) is 2.45. The minimum Gasteiger partial charge on any atom is -0.444 e. The zero-order valence-corrected chi connectivity index (χ0v) is 12.4. The Labute approximate surface area is 131 Å². The Morgan fingerprint density at radius 2 is 2.09 bits per heavy atom. The Bertz CT molecular complexity index is 805. The summed E-state index contributed by atoms with van der Waals surface area (Å²) in [6.07, 6.45) is 0.778. The number of rotatable bonds is 1. The number of ketones is 1. The summed E-state index contributed by atoms with van der Waals surface area (Å²) >= 11 is 0. The van der Waals surface area contributed by atoms with Crippen molar-refractivity contribution in [3.05, 3.63) is 58.2 Å². The van der Waals surface area contributed by atoms with Gasteiger partial charge in [0.1, 0.15) is 29.0 Å². The molecule has 2 N–H and O–H groups in total. The zero-order chi connectivity index (χ0) is 16.7. The molecular weight excluding hydrogens is 302 g/mol. The van der Waals surface area contributed by atoms with Crippen LogP contribution in [-0.4, -0.2) is 5.78 Å². The van der Waals surface area contributed by atoms with Gasteiger partial charge < -0.3 is 10.5 Å². The van der Waals surface area contributed by atoms with E-state index in [1.807, 2.05) is 13.0 Å². The quantitative estimate of drug-likeness (QED) is 0.864. The van der Waals surface area contributed by atoms with Crippen LogP contribution in [0.1, 0.15) is 31.2 Å². The van der Waals surface area contributed by atoms with E-state index in [9.17, 15) is 18.8 Å². The lowest BCUT2D eigenvalue weighted by Gasteiger charge is -2.33. The molecule has 0 saturated carbocycles. The summed E-state index contributed by atoms with van der Waals surface area (Å²) < 4.78 is 32.9. The molecule has 0 amide bonds. The number of carbonyl (C=O) groups is 1. The number of halogens is 2. The van der Waals surface area contributed by atoms with Crippen molar-refractivity contribution in [3.8, 4) is 6.07 Å². The topological polar surface area (TPSA) is 76.1 Å². The minimum absolute atomic E-state index is 0.0304. The molecule has 0 unspecified atom stereocenters. The highest BCUT2D eigenvalue weighted by atomic mass is 19.1. The molecule has 0 saturated heterocycles. The van der Waals surface area contributed by atoms with Gasteiger partial charge in [-0.3, -0.25) is 4.79 Å². The van der Waals surface area contributed by atoms with Crippen molar-refractivity contribution in [1.82, 2.24) is 0 Å². The third kappa shape index (κ3) is 2.48. The number of Topliss-reactive ketones (excluding diaryl/α,β-unsaturated/α-hetero) is 1. The maximum Gasteiger partial charge on any atom is 0.205 e. The van der Waals surface area contributed by atoms with Gasteiger partial charge in [0.05, 0.1) is 5.92 Å². The molecule has 1 aromatic rings. The van der Waals surface area contributed by atoms with Gasteiger partial charge in [0, 0.05) is 30.0 Å². The van der Waals surface area contributed by atoms with Crippen LogP contribution >= 0.6 is 0 Å². The van der Waals surface area contributed by atoms with E-state index in [0.717, 1.165) is 12.1 Å². The summed E-state index contributed by atoms with van der Waals surface area (Å²) in [5, 5.41) is 9.37. The van der Waals surface area contributed by atoms with Crippen LogP contribution in [0.15, 0.2) is 41.0 Å². The molecule has 0 aromatic heterocycles. The molecule has 0 fully saturated rings. The van der Waals surface area contributed by atoms with Crippen LogP contribution in [0, 0.1) is 28.9 Å². The molecule has 1 heterocycles. The van der Waals surface area contributed by atoms with E-state index in [1.165, 1.54) is 6.07 Å². The van der Waals surface area contributed by atoms with Crippen LogP contribution in [0.25, 0.3) is 0 Å². The van der Waals surface area contributed by atoms with Crippen LogP contribution in [-0.2, 0) is 9.53 Å². The van der Waals surface area contributed by atoms with Crippen molar-refractivity contribution in [1.29, 1.82) is 5.26 Å². The molecule has 0 radical (unpaired) electrons. The van der Waals surface area contributed by atoms with Crippen LogP contribution in [0.4, 0.5) is 8.78 Å². The highest BCUT2D eigenvalue weighted by Gasteiger charge is 2.40. The number of ether oxygens (including phenoxy) is 1. The number of benzene rings is 1. The van der Waals surface area contributed by atoms with Gasteiger partial charge in [-0.05, 0) is 12.0 Å². The number of carbonyl (C=O) groups excluding carboxylic acids is 1. The fourth-order valence-electron chi connectivity index (χ4n) is 3.14. The van der Waals surface area contributed by atoms with Gasteiger partial charge in [0.25, 0.3) is 0 Å². The SMILES string of the molecule is C[C@H]1CC(=O)C2=C(C1)OC(N)=C(C#N)[C@H]2c1ccc(F)cc1F. The Morgan fingerprint density at radius 1 is 1.35 bits per heavy atom. The van der Waals surface area contributed by atoms with Crippen LogP contribution < -0.4 is 5.73 Å². The first kappa shape index (κ1) is 15.2. The molecule has 1 aliphatic carbocycles. The molecule has 0 spiro atoms. The number of nitrogens with zero attached hydrogens (tertiary/aromatic N) is 1. The van der Waals surface area contributed by atoms with Crippen molar-refractivity contribution in [3.63, 3.8) is 0 Å². The maximum atomic E-state index is 14.2. The van der Waals surface area contributed by atoms with Gasteiger partial charge in [0.2, 0.25) is 5.88 Å². The molecule has 118 valence electrons. The number of hydrogen-bond acceptors (Lipinski definition) is 4. The molecule has 3 rings (SSSR count). The Hall–Kier alpha value is -2.68. The summed E-state index contributed by atoms with van der Waals surface area (Å²) in [7, 11) is 0.